The fourth-order valence-corrected chi connectivity index (χ4v) is 3.51. The highest BCUT2D eigenvalue weighted by atomic mass is 16.5. The van der Waals surface area contributed by atoms with E-state index >= 15 is 0 Å². The molecule has 0 bridgehead atoms. The first kappa shape index (κ1) is 19.1. The lowest BCUT2D eigenvalue weighted by Crippen LogP contribution is -2.58. The molecular weight excluding hydrogens is 320 g/mol. The van der Waals surface area contributed by atoms with Crippen molar-refractivity contribution in [1.29, 1.82) is 0 Å². The van der Waals surface area contributed by atoms with Crippen LogP contribution in [0.25, 0.3) is 0 Å². The quantitative estimate of drug-likeness (QED) is 0.869. The first-order valence-electron chi connectivity index (χ1n) is 8.76. The molecule has 2 atom stereocenters. The largest absolute Gasteiger partial charge is 0.465 e. The zero-order valence-electron chi connectivity index (χ0n) is 15.2. The minimum absolute atomic E-state index is 0.197. The summed E-state index contributed by atoms with van der Waals surface area (Å²) in [4.78, 5) is 25.4. The first-order chi connectivity index (χ1) is 11.8. The predicted molar refractivity (Wildman–Crippen MR) is 95.4 cm³/mol. The number of rotatable bonds is 3. The lowest BCUT2D eigenvalue weighted by molar-refractivity contribution is 0.0631. The van der Waals surface area contributed by atoms with Crippen molar-refractivity contribution in [2.75, 3.05) is 6.54 Å². The maximum absolute atomic E-state index is 12.2. The van der Waals surface area contributed by atoms with Crippen molar-refractivity contribution in [1.82, 2.24) is 10.2 Å². The number of carboxylic acid groups (broad SMARTS) is 1. The zero-order valence-corrected chi connectivity index (χ0v) is 15.2. The summed E-state index contributed by atoms with van der Waals surface area (Å²) in [6, 6.07) is 8.92. The minimum atomic E-state index is -0.939. The number of carbonyl (C=O) groups excluding carboxylic acids is 1. The van der Waals surface area contributed by atoms with E-state index in [1.54, 1.807) is 0 Å². The lowest BCUT2D eigenvalue weighted by Gasteiger charge is -2.42. The molecule has 2 rings (SSSR count). The fraction of sp³-hybridized carbons (Fsp3) is 0.579. The minimum Gasteiger partial charge on any atom is -0.465 e. The Bertz CT molecular complexity index is 583. The van der Waals surface area contributed by atoms with Crippen molar-refractivity contribution in [3.63, 3.8) is 0 Å². The number of hydrogen-bond acceptors (Lipinski definition) is 3. The SMILES string of the molecule is CC(C)(C)C1C(NC(=O)OCc2ccccc2)CCCCN1C(=O)O. The zero-order chi connectivity index (χ0) is 18.4. The second-order valence-electron chi connectivity index (χ2n) is 7.60. The second kappa shape index (κ2) is 8.23. The van der Waals surface area contributed by atoms with Crippen molar-refractivity contribution in [3.8, 4) is 0 Å². The van der Waals surface area contributed by atoms with Crippen LogP contribution in [0, 0.1) is 5.41 Å². The second-order valence-corrected chi connectivity index (χ2v) is 7.60. The van der Waals surface area contributed by atoms with Crippen LogP contribution in [0.1, 0.15) is 45.6 Å². The summed E-state index contributed by atoms with van der Waals surface area (Å²) in [7, 11) is 0. The fourth-order valence-electron chi connectivity index (χ4n) is 3.51. The maximum atomic E-state index is 12.2. The number of amides is 2. The third-order valence-corrected chi connectivity index (χ3v) is 4.53. The molecule has 0 saturated carbocycles. The van der Waals surface area contributed by atoms with Crippen LogP contribution in [0.2, 0.25) is 0 Å². The van der Waals surface area contributed by atoms with Gasteiger partial charge in [0.2, 0.25) is 0 Å². The van der Waals surface area contributed by atoms with Crippen LogP contribution in [-0.4, -0.2) is 40.8 Å². The van der Waals surface area contributed by atoms with Crippen molar-refractivity contribution in [2.45, 2.75) is 58.7 Å². The van der Waals surface area contributed by atoms with Crippen molar-refractivity contribution in [3.05, 3.63) is 35.9 Å². The van der Waals surface area contributed by atoms with Gasteiger partial charge in [0, 0.05) is 6.54 Å². The first-order valence-corrected chi connectivity index (χ1v) is 8.76. The highest BCUT2D eigenvalue weighted by molar-refractivity contribution is 5.69. The van der Waals surface area contributed by atoms with Crippen LogP contribution < -0.4 is 5.32 Å². The molecule has 2 unspecified atom stereocenters. The van der Waals surface area contributed by atoms with Crippen molar-refractivity contribution in [2.24, 2.45) is 5.41 Å². The van der Waals surface area contributed by atoms with E-state index in [2.05, 4.69) is 5.32 Å². The van der Waals surface area contributed by atoms with E-state index in [-0.39, 0.29) is 24.1 Å². The molecule has 1 aliphatic rings. The van der Waals surface area contributed by atoms with Crippen LogP contribution in [0.3, 0.4) is 0 Å². The number of likely N-dealkylation sites (tertiary alicyclic amines) is 1. The maximum Gasteiger partial charge on any atom is 0.407 e. The molecule has 138 valence electrons. The molecule has 2 amide bonds. The molecule has 1 aromatic carbocycles. The van der Waals surface area contributed by atoms with Gasteiger partial charge in [-0.05, 0) is 30.2 Å². The van der Waals surface area contributed by atoms with Gasteiger partial charge in [-0.1, -0.05) is 51.1 Å². The number of hydrogen-bond donors (Lipinski definition) is 2. The Morgan fingerprint density at radius 2 is 1.92 bits per heavy atom. The Kier molecular flexibility index (Phi) is 6.28. The van der Waals surface area contributed by atoms with E-state index in [0.717, 1.165) is 24.8 Å². The number of nitrogens with zero attached hydrogens (tertiary/aromatic N) is 1. The molecule has 1 fully saturated rings. The highest BCUT2D eigenvalue weighted by Crippen LogP contribution is 2.31. The predicted octanol–water partition coefficient (Wildman–Crippen LogP) is 3.86. The molecule has 1 saturated heterocycles. The smallest absolute Gasteiger partial charge is 0.407 e. The van der Waals surface area contributed by atoms with Gasteiger partial charge >= 0.3 is 12.2 Å². The Morgan fingerprint density at radius 3 is 2.52 bits per heavy atom. The molecule has 25 heavy (non-hydrogen) atoms. The standard InChI is InChI=1S/C19H28N2O4/c1-19(2,3)16-15(11-7-8-12-21(16)18(23)24)20-17(22)25-13-14-9-5-4-6-10-14/h4-6,9-10,15-16H,7-8,11-13H2,1-3H3,(H,20,22)(H,23,24). The topological polar surface area (TPSA) is 78.9 Å². The molecular formula is C19H28N2O4. The van der Waals surface area contributed by atoms with Crippen LogP contribution in [0.4, 0.5) is 9.59 Å². The molecule has 1 aliphatic heterocycles. The summed E-state index contributed by atoms with van der Waals surface area (Å²) < 4.78 is 5.31. The molecule has 6 heteroatoms. The molecule has 1 heterocycles. The third kappa shape index (κ3) is 5.37. The number of ether oxygens (including phenoxy) is 1. The van der Waals surface area contributed by atoms with Crippen LogP contribution in [0.15, 0.2) is 30.3 Å². The van der Waals surface area contributed by atoms with Gasteiger partial charge in [-0.15, -0.1) is 0 Å². The summed E-state index contributed by atoms with van der Waals surface area (Å²) in [6.07, 6.45) is 0.976. The lowest BCUT2D eigenvalue weighted by atomic mass is 9.80. The van der Waals surface area contributed by atoms with E-state index in [9.17, 15) is 14.7 Å². The average molecular weight is 348 g/mol. The third-order valence-electron chi connectivity index (χ3n) is 4.53. The number of alkyl carbamates (subject to hydrolysis) is 1. The molecule has 0 aromatic heterocycles. The Morgan fingerprint density at radius 1 is 1.24 bits per heavy atom. The Labute approximate surface area is 149 Å². The van der Waals surface area contributed by atoms with Crippen LogP contribution >= 0.6 is 0 Å². The van der Waals surface area contributed by atoms with E-state index < -0.39 is 12.2 Å². The van der Waals surface area contributed by atoms with E-state index in [1.807, 2.05) is 51.1 Å². The molecule has 6 nitrogen and oxygen atoms in total. The average Bonchev–Trinajstić information content (AvgIpc) is 2.76. The normalized spacial score (nSPS) is 21.3. The van der Waals surface area contributed by atoms with Crippen molar-refractivity contribution >= 4 is 12.2 Å². The Hall–Kier alpha value is -2.24. The van der Waals surface area contributed by atoms with E-state index in [0.29, 0.717) is 6.54 Å². The van der Waals surface area contributed by atoms with Gasteiger partial charge in [0.05, 0.1) is 12.1 Å². The number of benzene rings is 1. The summed E-state index contributed by atoms with van der Waals surface area (Å²) in [5.41, 5.74) is 0.623. The Balaban J connectivity index is 2.05. The molecule has 0 aliphatic carbocycles. The molecule has 0 spiro atoms. The number of nitrogens with one attached hydrogen (secondary N) is 1. The van der Waals surface area contributed by atoms with Gasteiger partial charge in [-0.2, -0.15) is 0 Å². The monoisotopic (exact) mass is 348 g/mol. The van der Waals surface area contributed by atoms with Crippen LogP contribution in [-0.2, 0) is 11.3 Å². The van der Waals surface area contributed by atoms with Gasteiger partial charge in [0.1, 0.15) is 6.61 Å². The summed E-state index contributed by atoms with van der Waals surface area (Å²) >= 11 is 0. The summed E-state index contributed by atoms with van der Waals surface area (Å²) in [5, 5.41) is 12.5. The molecule has 0 radical (unpaired) electrons. The number of carbonyl (C=O) groups is 2. The van der Waals surface area contributed by atoms with Gasteiger partial charge in [0.25, 0.3) is 0 Å². The van der Waals surface area contributed by atoms with E-state index in [4.69, 9.17) is 4.74 Å². The van der Waals surface area contributed by atoms with Gasteiger partial charge < -0.3 is 20.1 Å². The summed E-state index contributed by atoms with van der Waals surface area (Å²) in [6.45, 7) is 6.70. The van der Waals surface area contributed by atoms with E-state index in [1.165, 1.54) is 4.90 Å². The molecule has 1 aromatic rings. The molecule has 2 N–H and O–H groups in total. The van der Waals surface area contributed by atoms with Gasteiger partial charge in [-0.25, -0.2) is 9.59 Å². The van der Waals surface area contributed by atoms with Gasteiger partial charge in [0.15, 0.2) is 0 Å². The van der Waals surface area contributed by atoms with Gasteiger partial charge in [-0.3, -0.25) is 0 Å². The summed E-state index contributed by atoms with van der Waals surface area (Å²) in [5.74, 6) is 0. The van der Waals surface area contributed by atoms with Crippen LogP contribution in [0.5, 0.6) is 0 Å². The van der Waals surface area contributed by atoms with Crippen molar-refractivity contribution < 1.29 is 19.4 Å². The highest BCUT2D eigenvalue weighted by Gasteiger charge is 2.41.